The van der Waals surface area contributed by atoms with Crippen LogP contribution in [-0.4, -0.2) is 29.2 Å². The summed E-state index contributed by atoms with van der Waals surface area (Å²) in [4.78, 5) is 11.2. The van der Waals surface area contributed by atoms with Crippen molar-refractivity contribution < 1.29 is 4.79 Å². The maximum atomic E-state index is 11.2. The number of rotatable bonds is 4. The van der Waals surface area contributed by atoms with Crippen molar-refractivity contribution in [1.29, 1.82) is 0 Å². The zero-order valence-corrected chi connectivity index (χ0v) is 7.53. The van der Waals surface area contributed by atoms with Crippen LogP contribution in [0, 0.1) is 12.3 Å². The Kier molecular flexibility index (Phi) is 4.11. The number of hydrogen-bond donors (Lipinski definition) is 2. The van der Waals surface area contributed by atoms with Gasteiger partial charge in [0.25, 0.3) is 0 Å². The molecular weight excluding hydrogens is 180 g/mol. The van der Waals surface area contributed by atoms with E-state index in [0.717, 1.165) is 0 Å². The third-order valence-corrected chi connectivity index (χ3v) is 1.35. The van der Waals surface area contributed by atoms with E-state index in [9.17, 15) is 4.79 Å². The van der Waals surface area contributed by atoms with Gasteiger partial charge < -0.3 is 5.32 Å². The van der Waals surface area contributed by atoms with Crippen molar-refractivity contribution in [2.45, 2.75) is 0 Å². The average Bonchev–Trinajstić information content (AvgIpc) is 2.20. The predicted molar refractivity (Wildman–Crippen MR) is 52.4 cm³/mol. The second-order valence-corrected chi connectivity index (χ2v) is 2.46. The largest absolute Gasteiger partial charge is 0.308 e. The lowest BCUT2D eigenvalue weighted by atomic mass is 10.5. The molecule has 0 unspecified atom stereocenters. The molecule has 0 aromatic carbocycles. The monoisotopic (exact) mass is 190 g/mol. The van der Waals surface area contributed by atoms with Crippen molar-refractivity contribution in [3.05, 3.63) is 18.3 Å². The van der Waals surface area contributed by atoms with Gasteiger partial charge in [-0.25, -0.2) is 0 Å². The zero-order valence-electron chi connectivity index (χ0n) is 7.53. The Bertz CT molecular complexity index is 330. The quantitative estimate of drug-likeness (QED) is 0.502. The SMILES string of the molecule is C#CCNCC(=O)Nc1cccnn1. The third-order valence-electron chi connectivity index (χ3n) is 1.35. The van der Waals surface area contributed by atoms with Crippen molar-refractivity contribution in [3.63, 3.8) is 0 Å². The first-order valence-corrected chi connectivity index (χ1v) is 4.04. The van der Waals surface area contributed by atoms with Gasteiger partial charge in [0.15, 0.2) is 5.82 Å². The van der Waals surface area contributed by atoms with Crippen molar-refractivity contribution in [2.75, 3.05) is 18.4 Å². The fraction of sp³-hybridized carbons (Fsp3) is 0.222. The van der Waals surface area contributed by atoms with Crippen molar-refractivity contribution in [3.8, 4) is 12.3 Å². The van der Waals surface area contributed by atoms with E-state index in [1.54, 1.807) is 12.1 Å². The van der Waals surface area contributed by atoms with Gasteiger partial charge in [-0.05, 0) is 12.1 Å². The van der Waals surface area contributed by atoms with E-state index in [2.05, 4.69) is 26.8 Å². The van der Waals surface area contributed by atoms with E-state index >= 15 is 0 Å². The molecule has 0 saturated heterocycles. The molecule has 0 spiro atoms. The standard InChI is InChI=1S/C9H10N4O/c1-2-5-10-7-9(14)12-8-4-3-6-11-13-8/h1,3-4,6,10H,5,7H2,(H,12,13,14). The fourth-order valence-electron chi connectivity index (χ4n) is 0.803. The van der Waals surface area contributed by atoms with E-state index < -0.39 is 0 Å². The fourth-order valence-corrected chi connectivity index (χ4v) is 0.803. The average molecular weight is 190 g/mol. The Morgan fingerprint density at radius 2 is 2.50 bits per heavy atom. The molecule has 0 fully saturated rings. The van der Waals surface area contributed by atoms with Crippen LogP contribution in [0.2, 0.25) is 0 Å². The summed E-state index contributed by atoms with van der Waals surface area (Å²) in [5.74, 6) is 2.60. The minimum absolute atomic E-state index is 0.167. The van der Waals surface area contributed by atoms with E-state index in [1.807, 2.05) is 0 Å². The highest BCUT2D eigenvalue weighted by atomic mass is 16.1. The minimum Gasteiger partial charge on any atom is -0.308 e. The zero-order chi connectivity index (χ0) is 10.2. The molecule has 1 aromatic heterocycles. The van der Waals surface area contributed by atoms with Crippen LogP contribution in [0.25, 0.3) is 0 Å². The van der Waals surface area contributed by atoms with Gasteiger partial charge in [0, 0.05) is 6.20 Å². The highest BCUT2D eigenvalue weighted by Gasteiger charge is 2.00. The molecule has 0 aliphatic carbocycles. The van der Waals surface area contributed by atoms with Gasteiger partial charge in [-0.1, -0.05) is 5.92 Å². The lowest BCUT2D eigenvalue weighted by molar-refractivity contribution is -0.115. The van der Waals surface area contributed by atoms with Crippen LogP contribution in [0.5, 0.6) is 0 Å². The Morgan fingerprint density at radius 1 is 1.64 bits per heavy atom. The Hall–Kier alpha value is -1.93. The number of nitrogens with zero attached hydrogens (tertiary/aromatic N) is 2. The molecule has 0 bridgehead atoms. The molecule has 14 heavy (non-hydrogen) atoms. The number of aromatic nitrogens is 2. The maximum Gasteiger partial charge on any atom is 0.239 e. The van der Waals surface area contributed by atoms with Gasteiger partial charge in [0.1, 0.15) is 0 Å². The number of terminal acetylenes is 1. The molecule has 2 N–H and O–H groups in total. The van der Waals surface area contributed by atoms with Gasteiger partial charge in [0.2, 0.25) is 5.91 Å². The Labute approximate surface area is 81.9 Å². The molecule has 5 nitrogen and oxygen atoms in total. The summed E-state index contributed by atoms with van der Waals surface area (Å²) < 4.78 is 0. The smallest absolute Gasteiger partial charge is 0.239 e. The highest BCUT2D eigenvalue weighted by Crippen LogP contribution is 1.96. The molecule has 0 saturated carbocycles. The van der Waals surface area contributed by atoms with Crippen LogP contribution in [-0.2, 0) is 4.79 Å². The number of amides is 1. The molecule has 1 rings (SSSR count). The second-order valence-electron chi connectivity index (χ2n) is 2.46. The second kappa shape index (κ2) is 5.67. The summed E-state index contributed by atoms with van der Waals surface area (Å²) in [6.45, 7) is 0.536. The molecule has 1 amide bonds. The molecule has 0 atom stereocenters. The molecule has 1 heterocycles. The van der Waals surface area contributed by atoms with Crippen LogP contribution < -0.4 is 10.6 Å². The van der Waals surface area contributed by atoms with Gasteiger partial charge in [-0.3, -0.25) is 10.1 Å². The third kappa shape index (κ3) is 3.65. The van der Waals surface area contributed by atoms with Gasteiger partial charge >= 0.3 is 0 Å². The van der Waals surface area contributed by atoms with Crippen LogP contribution in [0.15, 0.2) is 18.3 Å². The summed E-state index contributed by atoms with van der Waals surface area (Å²) in [5, 5.41) is 12.6. The van der Waals surface area contributed by atoms with Crippen LogP contribution in [0.4, 0.5) is 5.82 Å². The number of carbonyl (C=O) groups excluding carboxylic acids is 1. The normalized spacial score (nSPS) is 9.07. The minimum atomic E-state index is -0.194. The molecule has 1 aromatic rings. The topological polar surface area (TPSA) is 66.9 Å². The van der Waals surface area contributed by atoms with E-state index in [4.69, 9.17) is 6.42 Å². The maximum absolute atomic E-state index is 11.2. The van der Waals surface area contributed by atoms with Gasteiger partial charge in [-0.15, -0.1) is 11.5 Å². The molecule has 5 heteroatoms. The Morgan fingerprint density at radius 3 is 3.14 bits per heavy atom. The molecule has 0 aliphatic rings. The lowest BCUT2D eigenvalue weighted by Crippen LogP contribution is -2.28. The van der Waals surface area contributed by atoms with E-state index in [0.29, 0.717) is 12.4 Å². The molecule has 0 aliphatic heterocycles. The first kappa shape index (κ1) is 10.2. The summed E-state index contributed by atoms with van der Waals surface area (Å²) in [5.41, 5.74) is 0. The van der Waals surface area contributed by atoms with Gasteiger partial charge in [0.05, 0.1) is 13.1 Å². The van der Waals surface area contributed by atoms with E-state index in [-0.39, 0.29) is 12.5 Å². The van der Waals surface area contributed by atoms with Crippen LogP contribution >= 0.6 is 0 Å². The van der Waals surface area contributed by atoms with Crippen molar-refractivity contribution in [1.82, 2.24) is 15.5 Å². The first-order chi connectivity index (χ1) is 6.83. The van der Waals surface area contributed by atoms with Crippen molar-refractivity contribution in [2.24, 2.45) is 0 Å². The van der Waals surface area contributed by atoms with Crippen LogP contribution in [0.1, 0.15) is 0 Å². The number of nitrogens with one attached hydrogen (secondary N) is 2. The Balaban J connectivity index is 2.32. The highest BCUT2D eigenvalue weighted by molar-refractivity contribution is 5.91. The molecule has 72 valence electrons. The summed E-state index contributed by atoms with van der Waals surface area (Å²) in [7, 11) is 0. The lowest BCUT2D eigenvalue weighted by Gasteiger charge is -2.02. The number of hydrogen-bond acceptors (Lipinski definition) is 4. The summed E-state index contributed by atoms with van der Waals surface area (Å²) >= 11 is 0. The molecular formula is C9H10N4O. The number of carbonyl (C=O) groups is 1. The summed E-state index contributed by atoms with van der Waals surface area (Å²) in [6.07, 6.45) is 6.53. The van der Waals surface area contributed by atoms with Crippen LogP contribution in [0.3, 0.4) is 0 Å². The predicted octanol–water partition coefficient (Wildman–Crippen LogP) is -0.362. The number of anilines is 1. The van der Waals surface area contributed by atoms with E-state index in [1.165, 1.54) is 6.20 Å². The first-order valence-electron chi connectivity index (χ1n) is 4.04. The van der Waals surface area contributed by atoms with Gasteiger partial charge in [-0.2, -0.15) is 5.10 Å². The molecule has 0 radical (unpaired) electrons. The summed E-state index contributed by atoms with van der Waals surface area (Å²) in [6, 6.07) is 3.35. The van der Waals surface area contributed by atoms with Crippen molar-refractivity contribution >= 4 is 11.7 Å².